The Balaban J connectivity index is 1.79. The zero-order valence-corrected chi connectivity index (χ0v) is 13.2. The van der Waals surface area contributed by atoms with Crippen LogP contribution in [0.15, 0.2) is 23.4 Å². The molecule has 0 aromatic heterocycles. The SMILES string of the molecule is COc1ccc(C2=NOC(C(=O)O)CC2)cc1OC1CCCC1. The number of hydrogen-bond donors (Lipinski definition) is 1. The van der Waals surface area contributed by atoms with E-state index in [1.165, 1.54) is 12.8 Å². The fourth-order valence-corrected chi connectivity index (χ4v) is 2.99. The Morgan fingerprint density at radius 1 is 1.26 bits per heavy atom. The quantitative estimate of drug-likeness (QED) is 0.903. The van der Waals surface area contributed by atoms with E-state index in [9.17, 15) is 4.79 Å². The Morgan fingerprint density at radius 3 is 2.65 bits per heavy atom. The minimum Gasteiger partial charge on any atom is -0.493 e. The van der Waals surface area contributed by atoms with Crippen LogP contribution in [0.4, 0.5) is 0 Å². The van der Waals surface area contributed by atoms with Crippen molar-refractivity contribution in [3.8, 4) is 11.5 Å². The van der Waals surface area contributed by atoms with E-state index in [0.717, 1.165) is 24.1 Å². The van der Waals surface area contributed by atoms with Crippen molar-refractivity contribution < 1.29 is 24.2 Å². The van der Waals surface area contributed by atoms with E-state index in [2.05, 4.69) is 5.16 Å². The van der Waals surface area contributed by atoms with Gasteiger partial charge >= 0.3 is 5.97 Å². The first kappa shape index (κ1) is 15.6. The van der Waals surface area contributed by atoms with E-state index in [-0.39, 0.29) is 6.10 Å². The van der Waals surface area contributed by atoms with Gasteiger partial charge in [-0.05, 0) is 50.3 Å². The summed E-state index contributed by atoms with van der Waals surface area (Å²) in [6.45, 7) is 0. The summed E-state index contributed by atoms with van der Waals surface area (Å²) >= 11 is 0. The van der Waals surface area contributed by atoms with Gasteiger partial charge in [-0.1, -0.05) is 5.16 Å². The zero-order chi connectivity index (χ0) is 16.2. The zero-order valence-electron chi connectivity index (χ0n) is 13.2. The van der Waals surface area contributed by atoms with Crippen molar-refractivity contribution in [2.24, 2.45) is 5.16 Å². The molecule has 1 aromatic rings. The Bertz CT molecular complexity index is 607. The molecule has 3 rings (SSSR count). The normalized spacial score (nSPS) is 21.4. The molecule has 6 heteroatoms. The van der Waals surface area contributed by atoms with E-state index in [4.69, 9.17) is 19.4 Å². The number of carbonyl (C=O) groups is 1. The summed E-state index contributed by atoms with van der Waals surface area (Å²) in [7, 11) is 1.62. The van der Waals surface area contributed by atoms with Crippen molar-refractivity contribution in [2.75, 3.05) is 7.11 Å². The van der Waals surface area contributed by atoms with E-state index in [0.29, 0.717) is 24.3 Å². The first-order chi connectivity index (χ1) is 11.2. The minimum absolute atomic E-state index is 0.236. The third-order valence-electron chi connectivity index (χ3n) is 4.30. The highest BCUT2D eigenvalue weighted by molar-refractivity contribution is 6.01. The lowest BCUT2D eigenvalue weighted by Gasteiger charge is -2.20. The second-order valence-corrected chi connectivity index (χ2v) is 5.90. The van der Waals surface area contributed by atoms with Crippen LogP contribution < -0.4 is 9.47 Å². The first-order valence-corrected chi connectivity index (χ1v) is 7.98. The van der Waals surface area contributed by atoms with Gasteiger partial charge in [-0.3, -0.25) is 0 Å². The van der Waals surface area contributed by atoms with Crippen molar-refractivity contribution in [3.05, 3.63) is 23.8 Å². The van der Waals surface area contributed by atoms with Gasteiger partial charge in [0.1, 0.15) is 0 Å². The summed E-state index contributed by atoms with van der Waals surface area (Å²) < 4.78 is 11.4. The molecular weight excluding hydrogens is 298 g/mol. The van der Waals surface area contributed by atoms with E-state index >= 15 is 0 Å². The van der Waals surface area contributed by atoms with Crippen LogP contribution in [0.3, 0.4) is 0 Å². The van der Waals surface area contributed by atoms with E-state index < -0.39 is 12.1 Å². The minimum atomic E-state index is -0.979. The van der Waals surface area contributed by atoms with Crippen molar-refractivity contribution in [3.63, 3.8) is 0 Å². The summed E-state index contributed by atoms with van der Waals surface area (Å²) in [5.74, 6) is 0.425. The van der Waals surface area contributed by atoms with Gasteiger partial charge < -0.3 is 19.4 Å². The number of aliphatic carboxylic acids is 1. The molecule has 1 N–H and O–H groups in total. The molecular formula is C17H21NO5. The third-order valence-corrected chi connectivity index (χ3v) is 4.30. The molecule has 23 heavy (non-hydrogen) atoms. The molecule has 1 aromatic carbocycles. The second kappa shape index (κ2) is 6.89. The molecule has 1 saturated carbocycles. The molecule has 2 aliphatic rings. The van der Waals surface area contributed by atoms with Crippen LogP contribution in [0, 0.1) is 0 Å². The number of carboxylic acid groups (broad SMARTS) is 1. The Labute approximate surface area is 135 Å². The smallest absolute Gasteiger partial charge is 0.347 e. The first-order valence-electron chi connectivity index (χ1n) is 7.98. The van der Waals surface area contributed by atoms with E-state index in [1.807, 2.05) is 18.2 Å². The Morgan fingerprint density at radius 2 is 2.04 bits per heavy atom. The van der Waals surface area contributed by atoms with Gasteiger partial charge in [-0.15, -0.1) is 0 Å². The molecule has 0 saturated heterocycles. The predicted octanol–water partition coefficient (Wildman–Crippen LogP) is 2.98. The monoisotopic (exact) mass is 319 g/mol. The van der Waals surface area contributed by atoms with Gasteiger partial charge in [0.05, 0.1) is 18.9 Å². The number of nitrogens with zero attached hydrogens (tertiary/aromatic N) is 1. The maximum Gasteiger partial charge on any atom is 0.347 e. The van der Waals surface area contributed by atoms with Crippen LogP contribution in [0.5, 0.6) is 11.5 Å². The highest BCUT2D eigenvalue weighted by Crippen LogP contribution is 2.33. The maximum atomic E-state index is 10.9. The lowest BCUT2D eigenvalue weighted by Crippen LogP contribution is -2.27. The summed E-state index contributed by atoms with van der Waals surface area (Å²) in [5.41, 5.74) is 1.61. The van der Waals surface area contributed by atoms with Gasteiger partial charge in [0.25, 0.3) is 0 Å². The molecule has 1 fully saturated rings. The average molecular weight is 319 g/mol. The second-order valence-electron chi connectivity index (χ2n) is 5.90. The number of ether oxygens (including phenoxy) is 2. The number of benzene rings is 1. The van der Waals surface area contributed by atoms with Crippen molar-refractivity contribution in [1.82, 2.24) is 0 Å². The summed E-state index contributed by atoms with van der Waals surface area (Å²) in [6, 6.07) is 5.65. The fourth-order valence-electron chi connectivity index (χ4n) is 2.99. The van der Waals surface area contributed by atoms with Crippen LogP contribution in [0.25, 0.3) is 0 Å². The van der Waals surface area contributed by atoms with E-state index in [1.54, 1.807) is 7.11 Å². The molecule has 0 spiro atoms. The van der Waals surface area contributed by atoms with Crippen LogP contribution in [0.2, 0.25) is 0 Å². The largest absolute Gasteiger partial charge is 0.493 e. The van der Waals surface area contributed by atoms with Gasteiger partial charge in [0, 0.05) is 12.0 Å². The number of carboxylic acids is 1. The number of rotatable bonds is 5. The summed E-state index contributed by atoms with van der Waals surface area (Å²) in [5, 5.41) is 12.9. The van der Waals surface area contributed by atoms with Crippen LogP contribution in [-0.2, 0) is 9.63 Å². The van der Waals surface area contributed by atoms with Crippen LogP contribution in [-0.4, -0.2) is 36.1 Å². The van der Waals surface area contributed by atoms with Gasteiger partial charge in [-0.2, -0.15) is 0 Å². The maximum absolute atomic E-state index is 10.9. The van der Waals surface area contributed by atoms with Crippen LogP contribution >= 0.6 is 0 Å². The average Bonchev–Trinajstić information content (AvgIpc) is 3.08. The van der Waals surface area contributed by atoms with Gasteiger partial charge in [-0.25, -0.2) is 4.79 Å². The topological polar surface area (TPSA) is 77.4 Å². The molecule has 1 aliphatic heterocycles. The molecule has 1 aliphatic carbocycles. The molecule has 0 bridgehead atoms. The lowest BCUT2D eigenvalue weighted by molar-refractivity contribution is -0.151. The van der Waals surface area contributed by atoms with Crippen molar-refractivity contribution >= 4 is 11.7 Å². The molecule has 1 unspecified atom stereocenters. The van der Waals surface area contributed by atoms with Gasteiger partial charge in [0.15, 0.2) is 11.5 Å². The highest BCUT2D eigenvalue weighted by Gasteiger charge is 2.25. The Hall–Kier alpha value is -2.24. The molecule has 0 radical (unpaired) electrons. The third kappa shape index (κ3) is 3.57. The van der Waals surface area contributed by atoms with Gasteiger partial charge in [0.2, 0.25) is 6.10 Å². The highest BCUT2D eigenvalue weighted by atomic mass is 16.7. The number of methoxy groups -OCH3 is 1. The summed E-state index contributed by atoms with van der Waals surface area (Å²) in [4.78, 5) is 16.0. The fraction of sp³-hybridized carbons (Fsp3) is 0.529. The summed E-state index contributed by atoms with van der Waals surface area (Å²) in [6.07, 6.45) is 4.89. The molecule has 124 valence electrons. The number of oxime groups is 1. The van der Waals surface area contributed by atoms with Crippen LogP contribution in [0.1, 0.15) is 44.1 Å². The predicted molar refractivity (Wildman–Crippen MR) is 84.2 cm³/mol. The molecule has 1 atom stereocenters. The van der Waals surface area contributed by atoms with Crippen molar-refractivity contribution in [2.45, 2.75) is 50.7 Å². The standard InChI is InChI=1S/C17H21NO5/c1-21-14-8-6-11(10-16(14)22-12-4-2-3-5-12)13-7-9-15(17(19)20)23-18-13/h6,8,10,12,15H,2-5,7,9H2,1H3,(H,19,20). The molecule has 6 nitrogen and oxygen atoms in total. The number of hydrogen-bond acceptors (Lipinski definition) is 5. The molecule has 1 heterocycles. The van der Waals surface area contributed by atoms with Crippen molar-refractivity contribution in [1.29, 1.82) is 0 Å². The lowest BCUT2D eigenvalue weighted by atomic mass is 10.0. The molecule has 0 amide bonds. The Kier molecular flexibility index (Phi) is 4.69.